The number of aryl methyl sites for hydroxylation is 2. The zero-order valence-electron chi connectivity index (χ0n) is 17.2. The molecule has 1 aromatic carbocycles. The van der Waals surface area contributed by atoms with Crippen molar-refractivity contribution in [3.8, 4) is 11.5 Å². The van der Waals surface area contributed by atoms with E-state index < -0.39 is 0 Å². The molecule has 2 N–H and O–H groups in total. The number of benzene rings is 1. The molecular weight excluding hydrogens is 342 g/mol. The summed E-state index contributed by atoms with van der Waals surface area (Å²) in [4.78, 5) is 4.69. The average Bonchev–Trinajstić information content (AvgIpc) is 2.89. The van der Waals surface area contributed by atoms with Crippen molar-refractivity contribution in [3.05, 3.63) is 41.2 Å². The van der Waals surface area contributed by atoms with Gasteiger partial charge in [-0.1, -0.05) is 6.07 Å². The maximum absolute atomic E-state index is 5.95. The van der Waals surface area contributed by atoms with Crippen molar-refractivity contribution in [1.29, 1.82) is 0 Å². The van der Waals surface area contributed by atoms with E-state index >= 15 is 0 Å². The van der Waals surface area contributed by atoms with Crippen LogP contribution >= 0.6 is 0 Å². The molecule has 148 valence electrons. The number of aromatic nitrogens is 2. The third-order valence-corrected chi connectivity index (χ3v) is 4.33. The number of methoxy groups -OCH3 is 1. The Morgan fingerprint density at radius 2 is 2.00 bits per heavy atom. The summed E-state index contributed by atoms with van der Waals surface area (Å²) in [5.74, 6) is 2.33. The quantitative estimate of drug-likeness (QED) is 0.550. The van der Waals surface area contributed by atoms with Gasteiger partial charge in [0, 0.05) is 30.9 Å². The number of ether oxygens (including phenoxy) is 2. The average molecular weight is 374 g/mol. The van der Waals surface area contributed by atoms with Gasteiger partial charge in [0.1, 0.15) is 17.6 Å². The van der Waals surface area contributed by atoms with Crippen LogP contribution in [0.4, 0.5) is 0 Å². The van der Waals surface area contributed by atoms with E-state index in [4.69, 9.17) is 14.5 Å². The largest absolute Gasteiger partial charge is 0.497 e. The maximum atomic E-state index is 5.95. The van der Waals surface area contributed by atoms with Gasteiger partial charge in [0.05, 0.1) is 25.9 Å². The Balaban J connectivity index is 1.94. The van der Waals surface area contributed by atoms with Crippen LogP contribution < -0.4 is 20.1 Å². The highest BCUT2D eigenvalue weighted by Crippen LogP contribution is 2.19. The van der Waals surface area contributed by atoms with Crippen LogP contribution in [0, 0.1) is 13.8 Å². The molecule has 0 saturated heterocycles. The Bertz CT molecular complexity index is 770. The number of rotatable bonds is 8. The highest BCUT2D eigenvalue weighted by atomic mass is 16.5. The standard InChI is InChI=1S/C20H31N5O2/c1-7-21-20(23-13-19-15(3)24-25(5)16(19)4)22-12-14(2)27-18-10-8-9-17(11-18)26-6/h8-11,14H,7,12-13H2,1-6H3,(H2,21,22,23). The Morgan fingerprint density at radius 1 is 1.26 bits per heavy atom. The summed E-state index contributed by atoms with van der Waals surface area (Å²) in [7, 11) is 3.60. The van der Waals surface area contributed by atoms with Gasteiger partial charge in [-0.3, -0.25) is 4.68 Å². The topological polar surface area (TPSA) is 72.7 Å². The molecule has 0 saturated carbocycles. The smallest absolute Gasteiger partial charge is 0.191 e. The Kier molecular flexibility index (Phi) is 7.52. The second kappa shape index (κ2) is 9.85. The Labute approximate surface area is 161 Å². The predicted octanol–water partition coefficient (Wildman–Crippen LogP) is 2.57. The molecule has 1 atom stereocenters. The van der Waals surface area contributed by atoms with Gasteiger partial charge in [-0.15, -0.1) is 0 Å². The van der Waals surface area contributed by atoms with Crippen molar-refractivity contribution in [1.82, 2.24) is 20.4 Å². The lowest BCUT2D eigenvalue weighted by atomic mass is 10.2. The lowest BCUT2D eigenvalue weighted by Gasteiger charge is -2.18. The third-order valence-electron chi connectivity index (χ3n) is 4.33. The van der Waals surface area contributed by atoms with E-state index in [-0.39, 0.29) is 6.10 Å². The third kappa shape index (κ3) is 5.91. The van der Waals surface area contributed by atoms with E-state index in [1.807, 2.05) is 56.8 Å². The number of guanidine groups is 1. The van der Waals surface area contributed by atoms with Crippen molar-refractivity contribution < 1.29 is 9.47 Å². The molecule has 0 spiro atoms. The molecule has 7 heteroatoms. The van der Waals surface area contributed by atoms with Crippen LogP contribution in [0.5, 0.6) is 11.5 Å². The minimum absolute atomic E-state index is 0.0252. The van der Waals surface area contributed by atoms with Gasteiger partial charge in [0.2, 0.25) is 0 Å². The van der Waals surface area contributed by atoms with E-state index in [2.05, 4.69) is 22.7 Å². The first kappa shape index (κ1) is 20.6. The summed E-state index contributed by atoms with van der Waals surface area (Å²) < 4.78 is 13.1. The van der Waals surface area contributed by atoms with Crippen molar-refractivity contribution in [2.75, 3.05) is 20.2 Å². The number of hydrogen-bond donors (Lipinski definition) is 2. The van der Waals surface area contributed by atoms with Gasteiger partial charge in [-0.05, 0) is 39.8 Å². The van der Waals surface area contributed by atoms with Crippen LogP contribution in [0.25, 0.3) is 0 Å². The van der Waals surface area contributed by atoms with Gasteiger partial charge in [-0.25, -0.2) is 4.99 Å². The second-order valence-corrected chi connectivity index (χ2v) is 6.46. The number of nitrogens with one attached hydrogen (secondary N) is 2. The van der Waals surface area contributed by atoms with E-state index in [1.54, 1.807) is 7.11 Å². The lowest BCUT2D eigenvalue weighted by molar-refractivity contribution is 0.223. The summed E-state index contributed by atoms with van der Waals surface area (Å²) in [5, 5.41) is 11.1. The van der Waals surface area contributed by atoms with Crippen molar-refractivity contribution in [2.24, 2.45) is 12.0 Å². The predicted molar refractivity (Wildman–Crippen MR) is 109 cm³/mol. The fourth-order valence-corrected chi connectivity index (χ4v) is 2.74. The molecular formula is C20H31N5O2. The van der Waals surface area contributed by atoms with E-state index in [0.717, 1.165) is 41.0 Å². The van der Waals surface area contributed by atoms with Gasteiger partial charge < -0.3 is 20.1 Å². The summed E-state index contributed by atoms with van der Waals surface area (Å²) in [6.07, 6.45) is -0.0252. The Hall–Kier alpha value is -2.70. The first-order chi connectivity index (χ1) is 12.9. The Morgan fingerprint density at radius 3 is 2.63 bits per heavy atom. The van der Waals surface area contributed by atoms with Gasteiger partial charge in [0.25, 0.3) is 0 Å². The van der Waals surface area contributed by atoms with Crippen molar-refractivity contribution >= 4 is 5.96 Å². The number of hydrogen-bond acceptors (Lipinski definition) is 4. The molecule has 7 nitrogen and oxygen atoms in total. The number of aliphatic imine (C=N–C) groups is 1. The normalized spacial score (nSPS) is 12.6. The molecule has 0 aliphatic rings. The fourth-order valence-electron chi connectivity index (χ4n) is 2.74. The van der Waals surface area contributed by atoms with Crippen LogP contribution in [0.3, 0.4) is 0 Å². The fraction of sp³-hybridized carbons (Fsp3) is 0.500. The molecule has 0 amide bonds. The van der Waals surface area contributed by atoms with Crippen molar-refractivity contribution in [3.63, 3.8) is 0 Å². The zero-order chi connectivity index (χ0) is 19.8. The lowest BCUT2D eigenvalue weighted by Crippen LogP contribution is -2.41. The first-order valence-electron chi connectivity index (χ1n) is 9.26. The second-order valence-electron chi connectivity index (χ2n) is 6.46. The first-order valence-corrected chi connectivity index (χ1v) is 9.26. The molecule has 27 heavy (non-hydrogen) atoms. The van der Waals surface area contributed by atoms with Crippen molar-refractivity contribution in [2.45, 2.75) is 40.3 Å². The van der Waals surface area contributed by atoms with Gasteiger partial charge in [0.15, 0.2) is 5.96 Å². The minimum Gasteiger partial charge on any atom is -0.497 e. The number of nitrogens with zero attached hydrogens (tertiary/aromatic N) is 3. The molecule has 0 aliphatic carbocycles. The maximum Gasteiger partial charge on any atom is 0.191 e. The van der Waals surface area contributed by atoms with E-state index in [1.165, 1.54) is 0 Å². The minimum atomic E-state index is -0.0252. The molecule has 0 fully saturated rings. The molecule has 2 rings (SSSR count). The molecule has 2 aromatic rings. The molecule has 0 aliphatic heterocycles. The highest BCUT2D eigenvalue weighted by molar-refractivity contribution is 5.79. The van der Waals surface area contributed by atoms with Crippen LogP contribution in [0.2, 0.25) is 0 Å². The summed E-state index contributed by atoms with van der Waals surface area (Å²) in [6.45, 7) is 10.2. The summed E-state index contributed by atoms with van der Waals surface area (Å²) >= 11 is 0. The molecule has 1 unspecified atom stereocenters. The molecule has 0 bridgehead atoms. The van der Waals surface area contributed by atoms with Gasteiger partial charge >= 0.3 is 0 Å². The molecule has 1 aromatic heterocycles. The molecule has 0 radical (unpaired) electrons. The van der Waals surface area contributed by atoms with E-state index in [0.29, 0.717) is 13.1 Å². The van der Waals surface area contributed by atoms with E-state index in [9.17, 15) is 0 Å². The highest BCUT2D eigenvalue weighted by Gasteiger charge is 2.10. The zero-order valence-corrected chi connectivity index (χ0v) is 17.2. The van der Waals surface area contributed by atoms with Crippen LogP contribution in [0.1, 0.15) is 30.8 Å². The molecule has 1 heterocycles. The summed E-state index contributed by atoms with van der Waals surface area (Å²) in [6, 6.07) is 7.61. The SMILES string of the molecule is CCNC(=NCc1c(C)nn(C)c1C)NCC(C)Oc1cccc(OC)c1. The van der Waals surface area contributed by atoms with Crippen LogP contribution in [0.15, 0.2) is 29.3 Å². The van der Waals surface area contributed by atoms with Crippen LogP contribution in [-0.2, 0) is 13.6 Å². The summed E-state index contributed by atoms with van der Waals surface area (Å²) in [5.41, 5.74) is 3.32. The monoisotopic (exact) mass is 373 g/mol. The van der Waals surface area contributed by atoms with Crippen LogP contribution in [-0.4, -0.2) is 42.0 Å². The van der Waals surface area contributed by atoms with Gasteiger partial charge in [-0.2, -0.15) is 5.10 Å².